The molecular formula is C20H14FN3O3. The lowest BCUT2D eigenvalue weighted by Crippen LogP contribution is -2.23. The van der Waals surface area contributed by atoms with Gasteiger partial charge >= 0.3 is 6.09 Å². The highest BCUT2D eigenvalue weighted by Crippen LogP contribution is 2.33. The number of carbonyl (C=O) groups is 1. The summed E-state index contributed by atoms with van der Waals surface area (Å²) in [5.74, 6) is -0.230. The molecule has 0 radical (unpaired) electrons. The number of H-pyrrole nitrogens is 1. The van der Waals surface area contributed by atoms with Crippen LogP contribution in [0, 0.1) is 5.82 Å². The number of aromatic nitrogens is 2. The number of anilines is 2. The predicted octanol–water partition coefficient (Wildman–Crippen LogP) is 5.31. The number of benzene rings is 2. The molecule has 2 aromatic carbocycles. The summed E-state index contributed by atoms with van der Waals surface area (Å²) in [6.45, 7) is 0. The number of halogens is 1. The molecule has 0 saturated heterocycles. The van der Waals surface area contributed by atoms with Crippen molar-refractivity contribution in [1.29, 1.82) is 0 Å². The van der Waals surface area contributed by atoms with Crippen molar-refractivity contribution in [3.8, 4) is 11.5 Å². The van der Waals surface area contributed by atoms with Crippen LogP contribution in [0.5, 0.6) is 11.5 Å². The van der Waals surface area contributed by atoms with Crippen LogP contribution in [-0.2, 0) is 0 Å². The van der Waals surface area contributed by atoms with Gasteiger partial charge in [0.2, 0.25) is 0 Å². The van der Waals surface area contributed by atoms with Gasteiger partial charge in [-0.3, -0.25) is 0 Å². The Labute approximate surface area is 153 Å². The topological polar surface area (TPSA) is 78.4 Å². The van der Waals surface area contributed by atoms with Crippen molar-refractivity contribution >= 4 is 28.5 Å². The minimum Gasteiger partial charge on any atom is -0.464 e. The van der Waals surface area contributed by atoms with Crippen molar-refractivity contribution < 1.29 is 19.0 Å². The van der Waals surface area contributed by atoms with E-state index in [-0.39, 0.29) is 11.4 Å². The molecule has 27 heavy (non-hydrogen) atoms. The van der Waals surface area contributed by atoms with Gasteiger partial charge in [0.25, 0.3) is 0 Å². The largest absolute Gasteiger partial charge is 0.464 e. The van der Waals surface area contributed by atoms with E-state index in [1.165, 1.54) is 12.1 Å². The smallest absolute Gasteiger partial charge is 0.416 e. The fourth-order valence-electron chi connectivity index (χ4n) is 2.80. The first-order valence-corrected chi connectivity index (χ1v) is 8.11. The summed E-state index contributed by atoms with van der Waals surface area (Å²) < 4.78 is 20.3. The SMILES string of the molecule is O=C(O)N(c1ccccc1)c1ccc(Oc2ccnc3[nH]ccc23)c(F)c1. The average Bonchev–Trinajstić information content (AvgIpc) is 3.14. The molecule has 0 atom stereocenters. The van der Waals surface area contributed by atoms with E-state index in [0.717, 1.165) is 16.4 Å². The fraction of sp³-hybridized carbons (Fsp3) is 0. The van der Waals surface area contributed by atoms with E-state index in [4.69, 9.17) is 4.74 Å². The zero-order valence-electron chi connectivity index (χ0n) is 14.0. The molecule has 0 aliphatic carbocycles. The van der Waals surface area contributed by atoms with Gasteiger partial charge in [0.15, 0.2) is 11.6 Å². The quantitative estimate of drug-likeness (QED) is 0.515. The molecule has 6 nitrogen and oxygen atoms in total. The van der Waals surface area contributed by atoms with Crippen LogP contribution in [0.3, 0.4) is 0 Å². The monoisotopic (exact) mass is 363 g/mol. The van der Waals surface area contributed by atoms with Crippen molar-refractivity contribution in [2.24, 2.45) is 0 Å². The first-order chi connectivity index (χ1) is 13.1. The zero-order valence-corrected chi connectivity index (χ0v) is 14.0. The molecule has 2 N–H and O–H groups in total. The molecule has 0 saturated carbocycles. The molecule has 0 bridgehead atoms. The van der Waals surface area contributed by atoms with Crippen molar-refractivity contribution in [2.45, 2.75) is 0 Å². The van der Waals surface area contributed by atoms with Crippen LogP contribution in [0.15, 0.2) is 73.1 Å². The summed E-state index contributed by atoms with van der Waals surface area (Å²) in [5, 5.41) is 10.3. The highest BCUT2D eigenvalue weighted by Gasteiger charge is 2.19. The van der Waals surface area contributed by atoms with Gasteiger partial charge < -0.3 is 14.8 Å². The molecule has 2 heterocycles. The number of pyridine rings is 1. The van der Waals surface area contributed by atoms with E-state index >= 15 is 0 Å². The van der Waals surface area contributed by atoms with E-state index in [9.17, 15) is 14.3 Å². The first-order valence-electron chi connectivity index (χ1n) is 8.11. The highest BCUT2D eigenvalue weighted by molar-refractivity contribution is 5.94. The van der Waals surface area contributed by atoms with E-state index in [0.29, 0.717) is 17.1 Å². The van der Waals surface area contributed by atoms with Crippen molar-refractivity contribution in [3.05, 3.63) is 78.9 Å². The van der Waals surface area contributed by atoms with Gasteiger partial charge in [-0.2, -0.15) is 0 Å². The van der Waals surface area contributed by atoms with Gasteiger partial charge in [-0.05, 0) is 36.4 Å². The van der Waals surface area contributed by atoms with E-state index in [1.807, 2.05) is 0 Å². The number of para-hydroxylation sites is 1. The number of amides is 1. The van der Waals surface area contributed by atoms with Crippen molar-refractivity contribution in [3.63, 3.8) is 0 Å². The van der Waals surface area contributed by atoms with Crippen molar-refractivity contribution in [2.75, 3.05) is 4.90 Å². The number of nitrogens with one attached hydrogen (secondary N) is 1. The minimum atomic E-state index is -1.21. The highest BCUT2D eigenvalue weighted by atomic mass is 19.1. The van der Waals surface area contributed by atoms with Gasteiger partial charge in [0.1, 0.15) is 11.4 Å². The Morgan fingerprint density at radius 1 is 1.04 bits per heavy atom. The van der Waals surface area contributed by atoms with Gasteiger partial charge in [-0.15, -0.1) is 0 Å². The number of hydrogen-bond donors (Lipinski definition) is 2. The Hall–Kier alpha value is -3.87. The molecule has 7 heteroatoms. The standard InChI is InChI=1S/C20H14FN3O3/c21-16-12-14(24(20(25)26)13-4-2-1-3-5-13)6-7-18(16)27-17-9-11-23-19-15(17)8-10-22-19/h1-12H,(H,22,23)(H,25,26). The summed E-state index contributed by atoms with van der Waals surface area (Å²) in [5.41, 5.74) is 1.23. The Morgan fingerprint density at radius 2 is 1.85 bits per heavy atom. The molecule has 2 aromatic heterocycles. The van der Waals surface area contributed by atoms with Crippen LogP contribution in [-0.4, -0.2) is 21.2 Å². The number of carboxylic acid groups (broad SMARTS) is 1. The number of hydrogen-bond acceptors (Lipinski definition) is 3. The second kappa shape index (κ2) is 6.80. The third kappa shape index (κ3) is 3.18. The van der Waals surface area contributed by atoms with Crippen LogP contribution < -0.4 is 9.64 Å². The third-order valence-electron chi connectivity index (χ3n) is 4.02. The normalized spacial score (nSPS) is 10.7. The van der Waals surface area contributed by atoms with E-state index in [1.54, 1.807) is 54.9 Å². The Kier molecular flexibility index (Phi) is 4.18. The molecule has 1 amide bonds. The number of fused-ring (bicyclic) bond motifs is 1. The second-order valence-corrected chi connectivity index (χ2v) is 5.72. The lowest BCUT2D eigenvalue weighted by atomic mass is 10.2. The average molecular weight is 363 g/mol. The summed E-state index contributed by atoms with van der Waals surface area (Å²) in [4.78, 5) is 19.8. The predicted molar refractivity (Wildman–Crippen MR) is 99.2 cm³/mol. The molecule has 0 fully saturated rings. The lowest BCUT2D eigenvalue weighted by molar-refractivity contribution is 0.205. The zero-order chi connectivity index (χ0) is 18.8. The van der Waals surface area contributed by atoms with E-state index < -0.39 is 11.9 Å². The Morgan fingerprint density at radius 3 is 2.59 bits per heavy atom. The van der Waals surface area contributed by atoms with Gasteiger partial charge in [0.05, 0.1) is 16.8 Å². The fourth-order valence-corrected chi connectivity index (χ4v) is 2.80. The number of aromatic amines is 1. The molecule has 134 valence electrons. The second-order valence-electron chi connectivity index (χ2n) is 5.72. The van der Waals surface area contributed by atoms with E-state index in [2.05, 4.69) is 9.97 Å². The van der Waals surface area contributed by atoms with Crippen molar-refractivity contribution in [1.82, 2.24) is 9.97 Å². The molecule has 0 aliphatic heterocycles. The van der Waals surface area contributed by atoms with Crippen LogP contribution in [0.2, 0.25) is 0 Å². The summed E-state index contributed by atoms with van der Waals surface area (Å²) >= 11 is 0. The molecule has 0 aliphatic rings. The molecule has 4 rings (SSSR count). The Balaban J connectivity index is 1.68. The van der Waals surface area contributed by atoms with Crippen LogP contribution in [0.4, 0.5) is 20.6 Å². The van der Waals surface area contributed by atoms with Gasteiger partial charge in [-0.1, -0.05) is 18.2 Å². The lowest BCUT2D eigenvalue weighted by Gasteiger charge is -2.20. The Bertz CT molecular complexity index is 1110. The van der Waals surface area contributed by atoms with Gasteiger partial charge in [0, 0.05) is 18.5 Å². The van der Waals surface area contributed by atoms with Crippen LogP contribution in [0.1, 0.15) is 0 Å². The molecule has 0 spiro atoms. The first kappa shape index (κ1) is 16.6. The maximum atomic E-state index is 14.6. The summed E-state index contributed by atoms with van der Waals surface area (Å²) in [6, 6.07) is 15.9. The molecular weight excluding hydrogens is 349 g/mol. The summed E-state index contributed by atoms with van der Waals surface area (Å²) in [6.07, 6.45) is 2.06. The third-order valence-corrected chi connectivity index (χ3v) is 4.02. The summed E-state index contributed by atoms with van der Waals surface area (Å²) in [7, 11) is 0. The molecule has 0 unspecified atom stereocenters. The number of ether oxygens (including phenoxy) is 1. The number of rotatable bonds is 4. The van der Waals surface area contributed by atoms with Gasteiger partial charge in [-0.25, -0.2) is 19.1 Å². The van der Waals surface area contributed by atoms with Crippen LogP contribution in [0.25, 0.3) is 11.0 Å². The number of nitrogens with zero attached hydrogens (tertiary/aromatic N) is 2. The maximum Gasteiger partial charge on any atom is 0.416 e. The maximum absolute atomic E-state index is 14.6. The molecule has 4 aromatic rings. The van der Waals surface area contributed by atoms with Crippen LogP contribution >= 0.6 is 0 Å². The minimum absolute atomic E-state index is 0.00847.